The minimum Gasteiger partial charge on any atom is -0.278 e. The molecule has 2 fully saturated rings. The van der Waals surface area contributed by atoms with E-state index >= 15 is 0 Å². The van der Waals surface area contributed by atoms with E-state index in [9.17, 15) is 22.8 Å². The second kappa shape index (κ2) is 5.69. The summed E-state index contributed by atoms with van der Waals surface area (Å²) in [6.07, 6.45) is -3.75. The first-order chi connectivity index (χ1) is 12.3. The number of hydrogen-bond acceptors (Lipinski definition) is 2. The van der Waals surface area contributed by atoms with Crippen molar-refractivity contribution in [2.45, 2.75) is 31.5 Å². The molecule has 1 saturated carbocycles. The van der Waals surface area contributed by atoms with Gasteiger partial charge in [0.15, 0.2) is 0 Å². The van der Waals surface area contributed by atoms with Gasteiger partial charge in [-0.25, -0.2) is 0 Å². The molecular formula is C20H16F3NO2. The Morgan fingerprint density at radius 3 is 2.27 bits per heavy atom. The summed E-state index contributed by atoms with van der Waals surface area (Å²) < 4.78 is 38.1. The zero-order chi connectivity index (χ0) is 18.5. The Bertz CT molecular complexity index is 861. The molecule has 1 saturated heterocycles. The van der Waals surface area contributed by atoms with Crippen LogP contribution in [-0.4, -0.2) is 16.7 Å². The van der Waals surface area contributed by atoms with Crippen molar-refractivity contribution in [1.29, 1.82) is 0 Å². The van der Waals surface area contributed by atoms with E-state index in [4.69, 9.17) is 0 Å². The monoisotopic (exact) mass is 359 g/mol. The summed E-state index contributed by atoms with van der Waals surface area (Å²) in [7, 11) is 0. The Labute approximate surface area is 148 Å². The van der Waals surface area contributed by atoms with Crippen LogP contribution in [0.1, 0.15) is 35.4 Å². The van der Waals surface area contributed by atoms with Gasteiger partial charge in [-0.1, -0.05) is 42.5 Å². The van der Waals surface area contributed by atoms with Crippen LogP contribution >= 0.6 is 0 Å². The Morgan fingerprint density at radius 1 is 1.00 bits per heavy atom. The van der Waals surface area contributed by atoms with Crippen molar-refractivity contribution in [3.8, 4) is 0 Å². The molecule has 4 rings (SSSR count). The summed E-state index contributed by atoms with van der Waals surface area (Å²) in [6.45, 7) is 0.236. The highest BCUT2D eigenvalue weighted by Gasteiger charge is 2.67. The summed E-state index contributed by atoms with van der Waals surface area (Å²) in [5.74, 6) is -0.619. The van der Waals surface area contributed by atoms with Gasteiger partial charge in [0.1, 0.15) is 0 Å². The molecular weight excluding hydrogens is 343 g/mol. The van der Waals surface area contributed by atoms with E-state index in [1.807, 2.05) is 30.3 Å². The Hall–Kier alpha value is -2.63. The molecule has 1 unspecified atom stereocenters. The first-order valence-electron chi connectivity index (χ1n) is 8.37. The average molecular weight is 359 g/mol. The minimum absolute atomic E-state index is 0.129. The lowest BCUT2D eigenvalue weighted by atomic mass is 9.96. The predicted molar refractivity (Wildman–Crippen MR) is 87.9 cm³/mol. The van der Waals surface area contributed by atoms with Crippen LogP contribution in [0.5, 0.6) is 0 Å². The Kier molecular flexibility index (Phi) is 3.68. The standard InChI is InChI=1S/C20H16F3NO2/c21-20(22,23)15-8-6-14(7-9-15)16-10-19(16)11-17(25)24(18(19)26)12-13-4-2-1-3-5-13/h1-9,16H,10-12H2/t16?,19-/m0/s1. The molecule has 0 aromatic heterocycles. The van der Waals surface area contributed by atoms with Gasteiger partial charge in [0.05, 0.1) is 17.5 Å². The first-order valence-corrected chi connectivity index (χ1v) is 8.37. The molecule has 2 aliphatic rings. The van der Waals surface area contributed by atoms with Crippen LogP contribution in [0.3, 0.4) is 0 Å². The number of likely N-dealkylation sites (tertiary alicyclic amines) is 1. The van der Waals surface area contributed by atoms with Crippen molar-refractivity contribution in [2.75, 3.05) is 0 Å². The number of nitrogens with zero attached hydrogens (tertiary/aromatic N) is 1. The van der Waals surface area contributed by atoms with Crippen molar-refractivity contribution < 1.29 is 22.8 Å². The van der Waals surface area contributed by atoms with E-state index in [0.29, 0.717) is 12.0 Å². The molecule has 0 radical (unpaired) electrons. The fraction of sp³-hybridized carbons (Fsp3) is 0.300. The number of alkyl halides is 3. The molecule has 0 bridgehead atoms. The van der Waals surface area contributed by atoms with Gasteiger partial charge in [-0.05, 0) is 35.6 Å². The van der Waals surface area contributed by atoms with Crippen LogP contribution in [0, 0.1) is 5.41 Å². The number of amides is 2. The zero-order valence-corrected chi connectivity index (χ0v) is 13.8. The summed E-state index contributed by atoms with van der Waals surface area (Å²) in [6, 6.07) is 14.2. The van der Waals surface area contributed by atoms with Crippen LogP contribution < -0.4 is 0 Å². The molecule has 2 atom stereocenters. The molecule has 2 amide bonds. The van der Waals surface area contributed by atoms with Gasteiger partial charge in [0, 0.05) is 6.42 Å². The normalized spacial score (nSPS) is 25.2. The maximum absolute atomic E-state index is 12.8. The lowest BCUT2D eigenvalue weighted by Crippen LogP contribution is -2.30. The Balaban J connectivity index is 1.52. The highest BCUT2D eigenvalue weighted by atomic mass is 19.4. The number of imide groups is 1. The van der Waals surface area contributed by atoms with Gasteiger partial charge < -0.3 is 0 Å². The van der Waals surface area contributed by atoms with Crippen molar-refractivity contribution in [1.82, 2.24) is 4.90 Å². The van der Waals surface area contributed by atoms with Gasteiger partial charge in [0.2, 0.25) is 11.8 Å². The molecule has 2 aromatic rings. The van der Waals surface area contributed by atoms with Crippen molar-refractivity contribution in [3.05, 3.63) is 71.3 Å². The summed E-state index contributed by atoms with van der Waals surface area (Å²) in [5.41, 5.74) is 0.0696. The highest BCUT2D eigenvalue weighted by Crippen LogP contribution is 2.65. The summed E-state index contributed by atoms with van der Waals surface area (Å²) in [5, 5.41) is 0. The minimum atomic E-state index is -4.38. The number of benzene rings is 2. The second-order valence-electron chi connectivity index (χ2n) is 6.98. The van der Waals surface area contributed by atoms with Gasteiger partial charge in [0.25, 0.3) is 0 Å². The molecule has 1 aliphatic heterocycles. The molecule has 6 heteroatoms. The molecule has 3 nitrogen and oxygen atoms in total. The topological polar surface area (TPSA) is 37.4 Å². The first kappa shape index (κ1) is 16.8. The molecule has 1 aliphatic carbocycles. The van der Waals surface area contributed by atoms with E-state index in [2.05, 4.69) is 0 Å². The van der Waals surface area contributed by atoms with Gasteiger partial charge in [-0.3, -0.25) is 14.5 Å². The van der Waals surface area contributed by atoms with Crippen LogP contribution in [0.25, 0.3) is 0 Å². The smallest absolute Gasteiger partial charge is 0.278 e. The van der Waals surface area contributed by atoms with E-state index in [1.54, 1.807) is 0 Å². The number of rotatable bonds is 3. The van der Waals surface area contributed by atoms with Crippen molar-refractivity contribution >= 4 is 11.8 Å². The molecule has 1 heterocycles. The van der Waals surface area contributed by atoms with Gasteiger partial charge in [-0.2, -0.15) is 13.2 Å². The maximum atomic E-state index is 12.8. The largest absolute Gasteiger partial charge is 0.416 e. The molecule has 1 spiro atoms. The fourth-order valence-electron chi connectivity index (χ4n) is 3.83. The third kappa shape index (κ3) is 2.69. The third-order valence-electron chi connectivity index (χ3n) is 5.34. The van der Waals surface area contributed by atoms with Crippen LogP contribution in [0.4, 0.5) is 13.2 Å². The van der Waals surface area contributed by atoms with Crippen LogP contribution in [0.2, 0.25) is 0 Å². The fourth-order valence-corrected chi connectivity index (χ4v) is 3.83. The highest BCUT2D eigenvalue weighted by molar-refractivity contribution is 6.08. The van der Waals surface area contributed by atoms with Gasteiger partial charge in [-0.15, -0.1) is 0 Å². The van der Waals surface area contributed by atoms with Crippen molar-refractivity contribution in [3.63, 3.8) is 0 Å². The lowest BCUT2D eigenvalue weighted by Gasteiger charge is -2.15. The lowest BCUT2D eigenvalue weighted by molar-refractivity contribution is -0.141. The van der Waals surface area contributed by atoms with E-state index in [1.165, 1.54) is 17.0 Å². The molecule has 2 aromatic carbocycles. The number of carbonyl (C=O) groups excluding carboxylic acids is 2. The number of hydrogen-bond donors (Lipinski definition) is 0. The second-order valence-corrected chi connectivity index (χ2v) is 6.98. The summed E-state index contributed by atoms with van der Waals surface area (Å²) >= 11 is 0. The quantitative estimate of drug-likeness (QED) is 0.773. The molecule has 26 heavy (non-hydrogen) atoms. The zero-order valence-electron chi connectivity index (χ0n) is 13.8. The summed E-state index contributed by atoms with van der Waals surface area (Å²) in [4.78, 5) is 26.5. The van der Waals surface area contributed by atoms with E-state index in [0.717, 1.165) is 17.7 Å². The van der Waals surface area contributed by atoms with Crippen molar-refractivity contribution in [2.24, 2.45) is 5.41 Å². The van der Waals surface area contributed by atoms with Crippen LogP contribution in [0.15, 0.2) is 54.6 Å². The van der Waals surface area contributed by atoms with E-state index < -0.39 is 17.2 Å². The molecule has 134 valence electrons. The Morgan fingerprint density at radius 2 is 1.65 bits per heavy atom. The predicted octanol–water partition coefficient (Wildman–Crippen LogP) is 4.14. The third-order valence-corrected chi connectivity index (χ3v) is 5.34. The SMILES string of the molecule is O=C1C[C@]2(CC2c2ccc(C(F)(F)F)cc2)C(=O)N1Cc1ccccc1. The van der Waals surface area contributed by atoms with E-state index in [-0.39, 0.29) is 30.7 Å². The van der Waals surface area contributed by atoms with Crippen LogP contribution in [-0.2, 0) is 22.3 Å². The molecule has 0 N–H and O–H groups in total. The maximum Gasteiger partial charge on any atom is 0.416 e. The van der Waals surface area contributed by atoms with Gasteiger partial charge >= 0.3 is 6.18 Å². The average Bonchev–Trinajstić information content (AvgIpc) is 3.29. The number of halogens is 3. The number of carbonyl (C=O) groups is 2.